The number of carbonyl (C=O) groups excluding carboxylic acids is 1. The topological polar surface area (TPSA) is 54.0 Å². The fraction of sp³-hybridized carbons (Fsp3) is 0.400. The van der Waals surface area contributed by atoms with Crippen LogP contribution in [0.2, 0.25) is 5.02 Å². The summed E-state index contributed by atoms with van der Waals surface area (Å²) in [5.74, 6) is -1.18. The summed E-state index contributed by atoms with van der Waals surface area (Å²) in [5.41, 5.74) is 0.427. The lowest BCUT2D eigenvalue weighted by Gasteiger charge is -2.38. The molecule has 1 N–H and O–H groups in total. The van der Waals surface area contributed by atoms with Crippen molar-refractivity contribution >= 4 is 29.1 Å². The predicted molar refractivity (Wildman–Crippen MR) is 131 cm³/mol. The molecule has 1 saturated heterocycles. The molecule has 1 amide bonds. The molecule has 0 aliphatic carbocycles. The molecule has 34 heavy (non-hydrogen) atoms. The van der Waals surface area contributed by atoms with E-state index in [-0.39, 0.29) is 33.7 Å². The molecular weight excluding hydrogens is 464 g/mol. The van der Waals surface area contributed by atoms with Crippen LogP contribution in [0.15, 0.2) is 30.8 Å². The number of carbonyl (C=O) groups is 1. The number of rotatable bonds is 5. The average Bonchev–Trinajstić information content (AvgIpc) is 2.78. The van der Waals surface area contributed by atoms with Gasteiger partial charge in [-0.1, -0.05) is 24.2 Å². The van der Waals surface area contributed by atoms with Crippen LogP contribution >= 0.6 is 11.6 Å². The van der Waals surface area contributed by atoms with Gasteiger partial charge in [0, 0.05) is 50.1 Å². The lowest BCUT2D eigenvalue weighted by Crippen LogP contribution is -2.49. The van der Waals surface area contributed by atoms with E-state index in [2.05, 4.69) is 11.9 Å². The monoisotopic (exact) mass is 493 g/mol. The molecule has 0 aromatic heterocycles. The Morgan fingerprint density at radius 3 is 2.29 bits per heavy atom. The van der Waals surface area contributed by atoms with Crippen molar-refractivity contribution in [2.75, 3.05) is 45.7 Å². The van der Waals surface area contributed by atoms with Gasteiger partial charge in [0.05, 0.1) is 23.4 Å². The van der Waals surface area contributed by atoms with Gasteiger partial charge in [0.2, 0.25) is 0 Å². The van der Waals surface area contributed by atoms with Gasteiger partial charge in [-0.25, -0.2) is 13.6 Å². The molecule has 0 unspecified atom stereocenters. The lowest BCUT2D eigenvalue weighted by atomic mass is 9.98. The minimum absolute atomic E-state index is 0.0310. The van der Waals surface area contributed by atoms with Crippen LogP contribution in [-0.4, -0.2) is 61.8 Å². The number of hydrogen-bond donors (Lipinski definition) is 1. The molecule has 0 saturated carbocycles. The molecule has 184 valence electrons. The number of nitrogens with zero attached hydrogens (tertiary/aromatic N) is 2. The molecule has 6 nitrogen and oxygen atoms in total. The van der Waals surface area contributed by atoms with Crippen molar-refractivity contribution in [3.8, 4) is 16.9 Å². The molecule has 0 radical (unpaired) electrons. The van der Waals surface area contributed by atoms with E-state index in [1.54, 1.807) is 24.1 Å². The van der Waals surface area contributed by atoms with Gasteiger partial charge in [-0.2, -0.15) is 0 Å². The SMILES string of the molecule is C=C(c1cc(Cl)c(-c2c(F)cccc2OC)c(F)c1NC)N1CCN(C(=O)OC(C)(C)C)CC1. The Morgan fingerprint density at radius 1 is 1.12 bits per heavy atom. The van der Waals surface area contributed by atoms with Crippen LogP contribution in [0, 0.1) is 11.6 Å². The van der Waals surface area contributed by atoms with Crippen molar-refractivity contribution in [2.45, 2.75) is 26.4 Å². The summed E-state index contributed by atoms with van der Waals surface area (Å²) in [5, 5.41) is 2.89. The smallest absolute Gasteiger partial charge is 0.410 e. The van der Waals surface area contributed by atoms with Crippen molar-refractivity contribution in [1.29, 1.82) is 0 Å². The van der Waals surface area contributed by atoms with E-state index < -0.39 is 17.2 Å². The van der Waals surface area contributed by atoms with E-state index in [1.807, 2.05) is 25.7 Å². The van der Waals surface area contributed by atoms with Crippen LogP contribution in [0.3, 0.4) is 0 Å². The molecule has 3 rings (SSSR count). The second-order valence-corrected chi connectivity index (χ2v) is 9.35. The van der Waals surface area contributed by atoms with Gasteiger partial charge in [-0.15, -0.1) is 0 Å². The first-order valence-corrected chi connectivity index (χ1v) is 11.3. The van der Waals surface area contributed by atoms with Crippen molar-refractivity contribution in [3.63, 3.8) is 0 Å². The summed E-state index contributed by atoms with van der Waals surface area (Å²) in [4.78, 5) is 15.9. The Kier molecular flexibility index (Phi) is 7.60. The molecule has 0 atom stereocenters. The first-order valence-electron chi connectivity index (χ1n) is 10.9. The molecule has 0 bridgehead atoms. The normalized spacial score (nSPS) is 14.1. The predicted octanol–water partition coefficient (Wildman–Crippen LogP) is 5.86. The van der Waals surface area contributed by atoms with Gasteiger partial charge < -0.3 is 24.6 Å². The number of benzene rings is 2. The third-order valence-corrected chi connectivity index (χ3v) is 5.84. The maximum atomic E-state index is 15.7. The number of piperazine rings is 1. The Morgan fingerprint density at radius 2 is 1.74 bits per heavy atom. The zero-order valence-electron chi connectivity index (χ0n) is 20.1. The number of halogens is 3. The highest BCUT2D eigenvalue weighted by molar-refractivity contribution is 6.34. The number of nitrogens with one attached hydrogen (secondary N) is 1. The largest absolute Gasteiger partial charge is 0.496 e. The summed E-state index contributed by atoms with van der Waals surface area (Å²) in [7, 11) is 2.96. The van der Waals surface area contributed by atoms with Gasteiger partial charge in [-0.3, -0.25) is 0 Å². The second-order valence-electron chi connectivity index (χ2n) is 8.94. The maximum absolute atomic E-state index is 15.7. The van der Waals surface area contributed by atoms with E-state index in [9.17, 15) is 9.18 Å². The minimum atomic E-state index is -0.707. The van der Waals surface area contributed by atoms with E-state index >= 15 is 4.39 Å². The van der Waals surface area contributed by atoms with E-state index in [4.69, 9.17) is 21.1 Å². The highest BCUT2D eigenvalue weighted by Crippen LogP contribution is 2.44. The Balaban J connectivity index is 1.89. The minimum Gasteiger partial charge on any atom is -0.496 e. The van der Waals surface area contributed by atoms with E-state index in [1.165, 1.54) is 19.2 Å². The van der Waals surface area contributed by atoms with Crippen LogP contribution in [0.4, 0.5) is 19.3 Å². The van der Waals surface area contributed by atoms with Crippen LogP contribution in [0.5, 0.6) is 5.75 Å². The molecule has 1 fully saturated rings. The van der Waals surface area contributed by atoms with Crippen molar-refractivity contribution < 1.29 is 23.0 Å². The highest BCUT2D eigenvalue weighted by Gasteiger charge is 2.29. The molecule has 1 aliphatic rings. The Labute approximate surface area is 204 Å². The lowest BCUT2D eigenvalue weighted by molar-refractivity contribution is 0.0182. The third-order valence-electron chi connectivity index (χ3n) is 5.54. The molecule has 9 heteroatoms. The number of ether oxygens (including phenoxy) is 2. The van der Waals surface area contributed by atoms with Crippen LogP contribution in [0.25, 0.3) is 16.8 Å². The zero-order valence-corrected chi connectivity index (χ0v) is 20.9. The van der Waals surface area contributed by atoms with Gasteiger partial charge in [-0.05, 0) is 39.0 Å². The molecule has 1 aliphatic heterocycles. The third kappa shape index (κ3) is 5.22. The standard InChI is InChI=1S/C25H30ClF2N3O3/c1-15(30-10-12-31(13-11-30)24(32)34-25(2,3)4)16-14-17(26)20(22(28)23(16)29-5)21-18(27)8-7-9-19(21)33-6/h7-9,14,29H,1,10-13H2,2-6H3. The van der Waals surface area contributed by atoms with Gasteiger partial charge >= 0.3 is 6.09 Å². The molecule has 2 aromatic rings. The first-order chi connectivity index (χ1) is 16.0. The van der Waals surface area contributed by atoms with Gasteiger partial charge in [0.25, 0.3) is 0 Å². The Hall–Kier alpha value is -3.00. The number of amides is 1. The van der Waals surface area contributed by atoms with E-state index in [0.717, 1.165) is 0 Å². The highest BCUT2D eigenvalue weighted by atomic mass is 35.5. The van der Waals surface area contributed by atoms with Crippen LogP contribution in [0.1, 0.15) is 26.3 Å². The van der Waals surface area contributed by atoms with Crippen LogP contribution < -0.4 is 10.1 Å². The fourth-order valence-electron chi connectivity index (χ4n) is 3.89. The molecule has 0 spiro atoms. The van der Waals surface area contributed by atoms with Crippen LogP contribution in [-0.2, 0) is 4.74 Å². The quantitative estimate of drug-likeness (QED) is 0.565. The van der Waals surface area contributed by atoms with E-state index in [0.29, 0.717) is 37.4 Å². The van der Waals surface area contributed by atoms with Gasteiger partial charge in [0.15, 0.2) is 5.82 Å². The Bertz CT molecular complexity index is 1090. The number of hydrogen-bond acceptors (Lipinski definition) is 5. The maximum Gasteiger partial charge on any atom is 0.410 e. The summed E-state index contributed by atoms with van der Waals surface area (Å²) in [6.45, 7) is 11.5. The fourth-order valence-corrected chi connectivity index (χ4v) is 4.18. The van der Waals surface area contributed by atoms with Crippen molar-refractivity contribution in [1.82, 2.24) is 9.80 Å². The number of methoxy groups -OCH3 is 1. The first kappa shape index (κ1) is 25.6. The van der Waals surface area contributed by atoms with Gasteiger partial charge in [0.1, 0.15) is 17.2 Å². The molecular formula is C25H30ClF2N3O3. The molecule has 2 aromatic carbocycles. The van der Waals surface area contributed by atoms with Crippen molar-refractivity contribution in [3.05, 3.63) is 53.1 Å². The van der Waals surface area contributed by atoms with Crippen molar-refractivity contribution in [2.24, 2.45) is 0 Å². The zero-order chi connectivity index (χ0) is 25.2. The summed E-state index contributed by atoms with van der Waals surface area (Å²) >= 11 is 6.49. The summed E-state index contributed by atoms with van der Waals surface area (Å²) < 4.78 is 41.1. The average molecular weight is 494 g/mol. The second kappa shape index (κ2) is 10.1. The number of anilines is 1. The summed E-state index contributed by atoms with van der Waals surface area (Å²) in [6.07, 6.45) is -0.369. The summed E-state index contributed by atoms with van der Waals surface area (Å²) in [6, 6.07) is 5.82. The molecule has 1 heterocycles.